The van der Waals surface area contributed by atoms with Crippen LogP contribution in [-0.4, -0.2) is 34.8 Å². The van der Waals surface area contributed by atoms with Crippen LogP contribution in [-0.2, 0) is 9.59 Å². The largest absolute Gasteiger partial charge is 0.342 e. The Kier molecular flexibility index (Phi) is 7.20. The SMILES string of the molecule is CCCCCCCN1C(=O)C(CC)NC(=O)C1(CC)CC. The van der Waals surface area contributed by atoms with Gasteiger partial charge in [0.1, 0.15) is 11.6 Å². The van der Waals surface area contributed by atoms with Crippen LogP contribution in [0.2, 0.25) is 0 Å². The monoisotopic (exact) mass is 296 g/mol. The molecule has 4 nitrogen and oxygen atoms in total. The Hall–Kier alpha value is -1.06. The summed E-state index contributed by atoms with van der Waals surface area (Å²) in [7, 11) is 0. The minimum atomic E-state index is -0.631. The fraction of sp³-hybridized carbons (Fsp3) is 0.882. The maximum atomic E-state index is 12.7. The van der Waals surface area contributed by atoms with Crippen LogP contribution in [0.15, 0.2) is 0 Å². The van der Waals surface area contributed by atoms with E-state index in [1.165, 1.54) is 19.3 Å². The van der Waals surface area contributed by atoms with E-state index in [0.717, 1.165) is 12.8 Å². The van der Waals surface area contributed by atoms with Crippen molar-refractivity contribution >= 4 is 11.8 Å². The average molecular weight is 296 g/mol. The Morgan fingerprint density at radius 1 is 1.00 bits per heavy atom. The summed E-state index contributed by atoms with van der Waals surface area (Å²) < 4.78 is 0. The van der Waals surface area contributed by atoms with Crippen LogP contribution in [0.3, 0.4) is 0 Å². The molecule has 1 N–H and O–H groups in total. The van der Waals surface area contributed by atoms with Gasteiger partial charge in [0.05, 0.1) is 0 Å². The highest BCUT2D eigenvalue weighted by atomic mass is 16.2. The summed E-state index contributed by atoms with van der Waals surface area (Å²) in [6.45, 7) is 8.88. The Bertz CT molecular complexity index is 351. The second kappa shape index (κ2) is 8.40. The first kappa shape index (κ1) is 18.0. The molecule has 1 fully saturated rings. The molecule has 0 radical (unpaired) electrons. The molecule has 21 heavy (non-hydrogen) atoms. The predicted octanol–water partition coefficient (Wildman–Crippen LogP) is 3.25. The first-order valence-corrected chi connectivity index (χ1v) is 8.69. The predicted molar refractivity (Wildman–Crippen MR) is 86.0 cm³/mol. The molecule has 0 aromatic heterocycles. The van der Waals surface area contributed by atoms with Gasteiger partial charge in [0, 0.05) is 6.54 Å². The van der Waals surface area contributed by atoms with E-state index in [1.807, 2.05) is 25.7 Å². The zero-order valence-corrected chi connectivity index (χ0v) is 14.2. The molecule has 0 aromatic rings. The number of hydrogen-bond acceptors (Lipinski definition) is 2. The lowest BCUT2D eigenvalue weighted by atomic mass is 9.85. The molecule has 1 saturated heterocycles. The van der Waals surface area contributed by atoms with Gasteiger partial charge in [-0.3, -0.25) is 9.59 Å². The first-order chi connectivity index (χ1) is 10.1. The average Bonchev–Trinajstić information content (AvgIpc) is 2.50. The third kappa shape index (κ3) is 3.78. The van der Waals surface area contributed by atoms with Gasteiger partial charge in [-0.05, 0) is 25.7 Å². The van der Waals surface area contributed by atoms with Crippen molar-refractivity contribution in [1.82, 2.24) is 10.2 Å². The van der Waals surface area contributed by atoms with E-state index < -0.39 is 5.54 Å². The standard InChI is InChI=1S/C17H32N2O2/c1-5-9-10-11-12-13-19-15(20)14(6-2)18-16(21)17(19,7-3)8-4/h14H,5-13H2,1-4H3,(H,18,21). The lowest BCUT2D eigenvalue weighted by Crippen LogP contribution is -2.70. The Balaban J connectivity index is 2.79. The summed E-state index contributed by atoms with van der Waals surface area (Å²) >= 11 is 0. The summed E-state index contributed by atoms with van der Waals surface area (Å²) in [6.07, 6.45) is 7.86. The van der Waals surface area contributed by atoms with Gasteiger partial charge in [0.25, 0.3) is 0 Å². The van der Waals surface area contributed by atoms with Crippen molar-refractivity contribution in [1.29, 1.82) is 0 Å². The van der Waals surface area contributed by atoms with Gasteiger partial charge in [-0.2, -0.15) is 0 Å². The van der Waals surface area contributed by atoms with Gasteiger partial charge in [-0.15, -0.1) is 0 Å². The molecule has 1 unspecified atom stereocenters. The minimum absolute atomic E-state index is 0.0347. The highest BCUT2D eigenvalue weighted by molar-refractivity contribution is 5.99. The zero-order chi connectivity index (χ0) is 15.9. The molecule has 122 valence electrons. The third-order valence-corrected chi connectivity index (χ3v) is 4.87. The summed E-state index contributed by atoms with van der Waals surface area (Å²) in [5.41, 5.74) is -0.631. The maximum Gasteiger partial charge on any atom is 0.246 e. The van der Waals surface area contributed by atoms with Crippen molar-refractivity contribution in [2.24, 2.45) is 0 Å². The molecule has 1 heterocycles. The van der Waals surface area contributed by atoms with Crippen molar-refractivity contribution in [3.63, 3.8) is 0 Å². The van der Waals surface area contributed by atoms with Crippen molar-refractivity contribution in [3.05, 3.63) is 0 Å². The van der Waals surface area contributed by atoms with Gasteiger partial charge in [-0.1, -0.05) is 53.4 Å². The molecule has 1 atom stereocenters. The third-order valence-electron chi connectivity index (χ3n) is 4.87. The topological polar surface area (TPSA) is 49.4 Å². The van der Waals surface area contributed by atoms with Crippen molar-refractivity contribution < 1.29 is 9.59 Å². The summed E-state index contributed by atoms with van der Waals surface area (Å²) in [4.78, 5) is 27.1. The Morgan fingerprint density at radius 2 is 1.62 bits per heavy atom. The molecule has 1 rings (SSSR count). The summed E-state index contributed by atoms with van der Waals surface area (Å²) in [6, 6.07) is -0.334. The van der Waals surface area contributed by atoms with Crippen LogP contribution in [0, 0.1) is 0 Å². The fourth-order valence-electron chi connectivity index (χ4n) is 3.30. The van der Waals surface area contributed by atoms with Crippen LogP contribution in [0.25, 0.3) is 0 Å². The lowest BCUT2D eigenvalue weighted by molar-refractivity contribution is -0.158. The van der Waals surface area contributed by atoms with E-state index in [1.54, 1.807) is 0 Å². The van der Waals surface area contributed by atoms with Crippen LogP contribution in [0.5, 0.6) is 0 Å². The number of carbonyl (C=O) groups is 2. The van der Waals surface area contributed by atoms with Crippen molar-refractivity contribution in [2.45, 2.75) is 90.6 Å². The van der Waals surface area contributed by atoms with Gasteiger partial charge in [-0.25, -0.2) is 0 Å². The quantitative estimate of drug-likeness (QED) is 0.664. The van der Waals surface area contributed by atoms with Crippen molar-refractivity contribution in [3.8, 4) is 0 Å². The van der Waals surface area contributed by atoms with Gasteiger partial charge in [0.15, 0.2) is 0 Å². The molecule has 0 aromatic carbocycles. The first-order valence-electron chi connectivity index (χ1n) is 8.69. The Labute approximate surface area is 129 Å². The second-order valence-corrected chi connectivity index (χ2v) is 6.08. The smallest absolute Gasteiger partial charge is 0.246 e. The molecule has 1 aliphatic rings. The number of unbranched alkanes of at least 4 members (excludes halogenated alkanes) is 4. The molecule has 1 aliphatic heterocycles. The summed E-state index contributed by atoms with van der Waals surface area (Å²) in [5.74, 6) is 0.142. The van der Waals surface area contributed by atoms with E-state index in [-0.39, 0.29) is 17.9 Å². The summed E-state index contributed by atoms with van der Waals surface area (Å²) in [5, 5.41) is 2.92. The molecule has 4 heteroatoms. The second-order valence-electron chi connectivity index (χ2n) is 6.08. The molecule has 0 bridgehead atoms. The number of nitrogens with zero attached hydrogens (tertiary/aromatic N) is 1. The number of nitrogens with one attached hydrogen (secondary N) is 1. The lowest BCUT2D eigenvalue weighted by Gasteiger charge is -2.47. The normalized spacial score (nSPS) is 21.5. The molecule has 0 aliphatic carbocycles. The molecule has 2 amide bonds. The number of amides is 2. The van der Waals surface area contributed by atoms with Gasteiger partial charge >= 0.3 is 0 Å². The van der Waals surface area contributed by atoms with Gasteiger partial charge in [0.2, 0.25) is 11.8 Å². The zero-order valence-electron chi connectivity index (χ0n) is 14.2. The minimum Gasteiger partial charge on any atom is -0.342 e. The van der Waals surface area contributed by atoms with Crippen molar-refractivity contribution in [2.75, 3.05) is 6.54 Å². The number of carbonyl (C=O) groups excluding carboxylic acids is 2. The van der Waals surface area contributed by atoms with E-state index in [0.29, 0.717) is 25.8 Å². The molecular weight excluding hydrogens is 264 g/mol. The van der Waals surface area contributed by atoms with E-state index in [2.05, 4.69) is 12.2 Å². The highest BCUT2D eigenvalue weighted by Gasteiger charge is 2.49. The van der Waals surface area contributed by atoms with E-state index in [9.17, 15) is 9.59 Å². The van der Waals surface area contributed by atoms with Crippen LogP contribution in [0.1, 0.15) is 79.1 Å². The molecule has 0 saturated carbocycles. The van der Waals surface area contributed by atoms with E-state index in [4.69, 9.17) is 0 Å². The van der Waals surface area contributed by atoms with Crippen LogP contribution < -0.4 is 5.32 Å². The van der Waals surface area contributed by atoms with Gasteiger partial charge < -0.3 is 10.2 Å². The van der Waals surface area contributed by atoms with E-state index >= 15 is 0 Å². The van der Waals surface area contributed by atoms with Crippen LogP contribution >= 0.6 is 0 Å². The van der Waals surface area contributed by atoms with Crippen LogP contribution in [0.4, 0.5) is 0 Å². The molecule has 0 spiro atoms. The fourth-order valence-corrected chi connectivity index (χ4v) is 3.30. The highest BCUT2D eigenvalue weighted by Crippen LogP contribution is 2.30. The Morgan fingerprint density at radius 3 is 2.14 bits per heavy atom. The number of rotatable bonds is 9. The number of hydrogen-bond donors (Lipinski definition) is 1. The maximum absolute atomic E-state index is 12.7. The number of piperazine rings is 1. The molecular formula is C17H32N2O2.